The summed E-state index contributed by atoms with van der Waals surface area (Å²) in [5, 5.41) is 3.67. The Morgan fingerprint density at radius 2 is 1.74 bits per heavy atom. The molecule has 0 bridgehead atoms. The van der Waals surface area contributed by atoms with Gasteiger partial charge in [0.25, 0.3) is 0 Å². The third kappa shape index (κ3) is 2.67. The van der Waals surface area contributed by atoms with Crippen molar-refractivity contribution in [2.75, 3.05) is 14.2 Å². The highest BCUT2D eigenvalue weighted by molar-refractivity contribution is 5.66. The summed E-state index contributed by atoms with van der Waals surface area (Å²) in [7, 11) is 2.94. The average molecular weight is 323 g/mol. The lowest BCUT2D eigenvalue weighted by atomic mass is 10.1. The molecule has 0 saturated carbocycles. The molecule has 3 rings (SSSR count). The van der Waals surface area contributed by atoms with Gasteiger partial charge in [-0.1, -0.05) is 0 Å². The van der Waals surface area contributed by atoms with E-state index in [1.54, 1.807) is 18.2 Å². The number of rotatable bonds is 3. The van der Waals surface area contributed by atoms with Crippen LogP contribution in [0.5, 0.6) is 11.5 Å². The van der Waals surface area contributed by atoms with Gasteiger partial charge in [-0.15, -0.1) is 0 Å². The molecule has 0 aliphatic carbocycles. The van der Waals surface area contributed by atoms with Gasteiger partial charge in [-0.2, -0.15) is 18.3 Å². The second-order valence-corrected chi connectivity index (χ2v) is 4.70. The summed E-state index contributed by atoms with van der Waals surface area (Å²) >= 11 is 0. The molecule has 0 unspecified atom stereocenters. The first-order chi connectivity index (χ1) is 10.9. The van der Waals surface area contributed by atoms with Gasteiger partial charge in [-0.3, -0.25) is 0 Å². The molecule has 0 aliphatic rings. The van der Waals surface area contributed by atoms with E-state index in [0.717, 1.165) is 10.6 Å². The van der Waals surface area contributed by atoms with Gasteiger partial charge in [0.1, 0.15) is 0 Å². The van der Waals surface area contributed by atoms with Crippen molar-refractivity contribution in [3.8, 4) is 22.8 Å². The lowest BCUT2D eigenvalue weighted by molar-refractivity contribution is -0.142. The molecule has 0 saturated heterocycles. The Kier molecular flexibility index (Phi) is 3.59. The van der Waals surface area contributed by atoms with Crippen molar-refractivity contribution in [3.05, 3.63) is 42.2 Å². The zero-order valence-electron chi connectivity index (χ0n) is 12.3. The highest BCUT2D eigenvalue weighted by Gasteiger charge is 2.35. The van der Waals surface area contributed by atoms with E-state index in [1.807, 2.05) is 0 Å². The van der Waals surface area contributed by atoms with Crippen LogP contribution in [0.3, 0.4) is 0 Å². The van der Waals surface area contributed by atoms with Crippen LogP contribution in [0.4, 0.5) is 13.2 Å². The topological polar surface area (TPSA) is 48.7 Å². The molecule has 5 nitrogen and oxygen atoms in total. The molecule has 23 heavy (non-hydrogen) atoms. The number of hydrogen-bond donors (Lipinski definition) is 0. The Hall–Kier alpha value is -2.77. The molecule has 0 N–H and O–H groups in total. The van der Waals surface area contributed by atoms with Crippen LogP contribution < -0.4 is 9.47 Å². The maximum Gasteiger partial charge on any atom is 0.433 e. The van der Waals surface area contributed by atoms with Crippen LogP contribution in [0, 0.1) is 0 Å². The first-order valence-electron chi connectivity index (χ1n) is 6.58. The van der Waals surface area contributed by atoms with Crippen LogP contribution in [0.25, 0.3) is 16.9 Å². The highest BCUT2D eigenvalue weighted by Crippen LogP contribution is 2.35. The third-order valence-electron chi connectivity index (χ3n) is 3.33. The molecule has 3 aromatic rings. The average Bonchev–Trinajstić information content (AvgIpc) is 3.00. The Bertz CT molecular complexity index is 859. The molecule has 0 radical (unpaired) electrons. The number of aromatic nitrogens is 3. The number of ether oxygens (including phenoxy) is 2. The molecular formula is C15H12F3N3O2. The number of methoxy groups -OCH3 is 2. The summed E-state index contributed by atoms with van der Waals surface area (Å²) in [6.07, 6.45) is -3.27. The van der Waals surface area contributed by atoms with Crippen molar-refractivity contribution in [2.24, 2.45) is 0 Å². The SMILES string of the molecule is COc1ccc(-c2cc(C(F)(F)F)n3nccc3n2)cc1OC. The molecule has 0 fully saturated rings. The van der Waals surface area contributed by atoms with Crippen molar-refractivity contribution >= 4 is 5.65 Å². The van der Waals surface area contributed by atoms with Gasteiger partial charge >= 0.3 is 6.18 Å². The van der Waals surface area contributed by atoms with Crippen LogP contribution in [0.15, 0.2) is 36.5 Å². The molecule has 2 aromatic heterocycles. The minimum atomic E-state index is -4.54. The molecule has 0 spiro atoms. The highest BCUT2D eigenvalue weighted by atomic mass is 19.4. The monoisotopic (exact) mass is 323 g/mol. The van der Waals surface area contributed by atoms with Gasteiger partial charge in [0.15, 0.2) is 22.8 Å². The Balaban J connectivity index is 2.20. The van der Waals surface area contributed by atoms with Crippen molar-refractivity contribution in [1.29, 1.82) is 0 Å². The zero-order valence-corrected chi connectivity index (χ0v) is 12.3. The van der Waals surface area contributed by atoms with E-state index in [2.05, 4.69) is 10.1 Å². The van der Waals surface area contributed by atoms with Crippen LogP contribution in [0.1, 0.15) is 5.69 Å². The summed E-state index contributed by atoms with van der Waals surface area (Å²) in [4.78, 5) is 4.21. The van der Waals surface area contributed by atoms with E-state index < -0.39 is 11.9 Å². The zero-order chi connectivity index (χ0) is 16.6. The van der Waals surface area contributed by atoms with E-state index >= 15 is 0 Å². The van der Waals surface area contributed by atoms with Gasteiger partial charge in [0.2, 0.25) is 0 Å². The molecular weight excluding hydrogens is 311 g/mol. The van der Waals surface area contributed by atoms with Gasteiger partial charge in [0.05, 0.1) is 26.1 Å². The van der Waals surface area contributed by atoms with Crippen molar-refractivity contribution in [1.82, 2.24) is 14.6 Å². The molecule has 0 amide bonds. The first-order valence-corrected chi connectivity index (χ1v) is 6.58. The molecule has 0 aliphatic heterocycles. The first kappa shape index (κ1) is 15.1. The standard InChI is InChI=1S/C15H12F3N3O2/c1-22-11-4-3-9(7-12(11)23-2)10-8-13(15(16,17)18)21-14(20-10)5-6-19-21/h3-8H,1-2H3. The molecule has 2 heterocycles. The van der Waals surface area contributed by atoms with E-state index in [9.17, 15) is 13.2 Å². The van der Waals surface area contributed by atoms with Crippen molar-refractivity contribution in [3.63, 3.8) is 0 Å². The fourth-order valence-corrected chi connectivity index (χ4v) is 2.26. The van der Waals surface area contributed by atoms with Crippen molar-refractivity contribution in [2.45, 2.75) is 6.18 Å². The fourth-order valence-electron chi connectivity index (χ4n) is 2.26. The predicted octanol–water partition coefficient (Wildman–Crippen LogP) is 3.43. The van der Waals surface area contributed by atoms with E-state index in [4.69, 9.17) is 9.47 Å². The number of fused-ring (bicyclic) bond motifs is 1. The van der Waals surface area contributed by atoms with Gasteiger partial charge in [-0.25, -0.2) is 9.50 Å². The van der Waals surface area contributed by atoms with Crippen LogP contribution >= 0.6 is 0 Å². The second kappa shape index (κ2) is 5.45. The smallest absolute Gasteiger partial charge is 0.433 e. The number of hydrogen-bond acceptors (Lipinski definition) is 4. The summed E-state index contributed by atoms with van der Waals surface area (Å²) in [6.45, 7) is 0. The minimum Gasteiger partial charge on any atom is -0.493 e. The van der Waals surface area contributed by atoms with Crippen LogP contribution in [-0.4, -0.2) is 28.8 Å². The van der Waals surface area contributed by atoms with E-state index in [1.165, 1.54) is 26.5 Å². The molecule has 120 valence electrons. The number of halogens is 3. The van der Waals surface area contributed by atoms with Crippen molar-refractivity contribution < 1.29 is 22.6 Å². The summed E-state index contributed by atoms with van der Waals surface area (Å²) < 4.78 is 50.7. The Labute approximate surface area is 129 Å². The maximum atomic E-state index is 13.2. The Morgan fingerprint density at radius 1 is 1.00 bits per heavy atom. The third-order valence-corrected chi connectivity index (χ3v) is 3.33. The Morgan fingerprint density at radius 3 is 2.39 bits per heavy atom. The van der Waals surface area contributed by atoms with Crippen LogP contribution in [0.2, 0.25) is 0 Å². The van der Waals surface area contributed by atoms with Gasteiger partial charge < -0.3 is 9.47 Å². The molecule has 0 atom stereocenters. The quantitative estimate of drug-likeness (QED) is 0.741. The lowest BCUT2D eigenvalue weighted by Crippen LogP contribution is -2.13. The second-order valence-electron chi connectivity index (χ2n) is 4.70. The van der Waals surface area contributed by atoms with Crippen LogP contribution in [-0.2, 0) is 6.18 Å². The fraction of sp³-hybridized carbons (Fsp3) is 0.200. The van der Waals surface area contributed by atoms with Gasteiger partial charge in [0, 0.05) is 11.6 Å². The summed E-state index contributed by atoms with van der Waals surface area (Å²) in [5.41, 5.74) is -0.120. The predicted molar refractivity (Wildman–Crippen MR) is 76.5 cm³/mol. The minimum absolute atomic E-state index is 0.115. The lowest BCUT2D eigenvalue weighted by Gasteiger charge is -2.12. The van der Waals surface area contributed by atoms with E-state index in [-0.39, 0.29) is 11.3 Å². The summed E-state index contributed by atoms with van der Waals surface area (Å²) in [6, 6.07) is 7.19. The number of nitrogens with zero attached hydrogens (tertiary/aromatic N) is 3. The van der Waals surface area contributed by atoms with Gasteiger partial charge in [-0.05, 0) is 24.3 Å². The largest absolute Gasteiger partial charge is 0.493 e. The summed E-state index contributed by atoms with van der Waals surface area (Å²) in [5.74, 6) is 0.895. The number of alkyl halides is 3. The molecule has 8 heteroatoms. The van der Waals surface area contributed by atoms with E-state index in [0.29, 0.717) is 17.1 Å². The maximum absolute atomic E-state index is 13.2. The molecule has 1 aromatic carbocycles. The number of benzene rings is 1. The normalized spacial score (nSPS) is 11.7.